The molecule has 4 nitrogen and oxygen atoms in total. The number of rotatable bonds is 4. The van der Waals surface area contributed by atoms with Gasteiger partial charge in [0, 0.05) is 33.6 Å². The van der Waals surface area contributed by atoms with Crippen molar-refractivity contribution in [1.29, 1.82) is 0 Å². The van der Waals surface area contributed by atoms with Gasteiger partial charge in [-0.3, -0.25) is 9.78 Å². The number of benzene rings is 2. The zero-order valence-corrected chi connectivity index (χ0v) is 14.5. The summed E-state index contributed by atoms with van der Waals surface area (Å²) in [5.41, 5.74) is 7.51. The summed E-state index contributed by atoms with van der Waals surface area (Å²) < 4.78 is 1.13. The van der Waals surface area contributed by atoms with Gasteiger partial charge in [-0.15, -0.1) is 0 Å². The topological polar surface area (TPSA) is 68.0 Å². The third-order valence-corrected chi connectivity index (χ3v) is 4.45. The fourth-order valence-electron chi connectivity index (χ4n) is 2.48. The number of carbonyl (C=O) groups is 1. The van der Waals surface area contributed by atoms with Crippen LogP contribution in [0.25, 0.3) is 10.8 Å². The monoisotopic (exact) mass is 417 g/mol. The summed E-state index contributed by atoms with van der Waals surface area (Å²) in [6, 6.07) is 15.5. The molecule has 2 aromatic carbocycles. The highest BCUT2D eigenvalue weighted by Crippen LogP contribution is 2.21. The number of nitrogens with zero attached hydrogens (tertiary/aromatic N) is 1. The summed E-state index contributed by atoms with van der Waals surface area (Å²) in [5.74, 6) is -0.456. The van der Waals surface area contributed by atoms with E-state index < -0.39 is 0 Å². The summed E-state index contributed by atoms with van der Waals surface area (Å²) in [7, 11) is 0. The van der Waals surface area contributed by atoms with Gasteiger partial charge in [0.2, 0.25) is 5.91 Å². The Bertz CT molecular complexity index is 833. The summed E-state index contributed by atoms with van der Waals surface area (Å²) >= 11 is 2.24. The Hall–Kier alpha value is -1.99. The molecule has 0 fully saturated rings. The molecule has 3 rings (SSSR count). The molecule has 0 saturated heterocycles. The molecule has 0 radical (unpaired) electrons. The van der Waals surface area contributed by atoms with Crippen molar-refractivity contribution in [2.75, 3.05) is 11.9 Å². The molecule has 0 saturated carbocycles. The summed E-state index contributed by atoms with van der Waals surface area (Å²) in [5, 5.41) is 5.04. The van der Waals surface area contributed by atoms with E-state index in [4.69, 9.17) is 5.73 Å². The first-order chi connectivity index (χ1) is 11.2. The predicted molar refractivity (Wildman–Crippen MR) is 101 cm³/mol. The Morgan fingerprint density at radius 2 is 1.91 bits per heavy atom. The third-order valence-electron chi connectivity index (χ3n) is 3.73. The number of pyridine rings is 1. The van der Waals surface area contributed by atoms with E-state index >= 15 is 0 Å². The van der Waals surface area contributed by atoms with Crippen LogP contribution in [0.3, 0.4) is 0 Å². The SMILES string of the molecule is NCC(C(=O)Nc1ccc2cnccc2c1)c1ccc(I)cc1. The fraction of sp³-hybridized carbons (Fsp3) is 0.111. The number of aromatic nitrogens is 1. The van der Waals surface area contributed by atoms with E-state index in [2.05, 4.69) is 32.9 Å². The van der Waals surface area contributed by atoms with Gasteiger partial charge in [-0.05, 0) is 63.9 Å². The fourth-order valence-corrected chi connectivity index (χ4v) is 2.84. The minimum Gasteiger partial charge on any atom is -0.329 e. The van der Waals surface area contributed by atoms with Gasteiger partial charge in [0.25, 0.3) is 0 Å². The number of anilines is 1. The van der Waals surface area contributed by atoms with E-state index in [1.165, 1.54) is 0 Å². The molecule has 3 N–H and O–H groups in total. The lowest BCUT2D eigenvalue weighted by atomic mass is 9.98. The van der Waals surface area contributed by atoms with E-state index in [1.807, 2.05) is 48.5 Å². The molecule has 0 spiro atoms. The molecule has 5 heteroatoms. The average Bonchev–Trinajstić information content (AvgIpc) is 2.57. The number of hydrogen-bond donors (Lipinski definition) is 2. The van der Waals surface area contributed by atoms with E-state index in [0.717, 1.165) is 25.6 Å². The largest absolute Gasteiger partial charge is 0.329 e. The third kappa shape index (κ3) is 3.68. The first-order valence-electron chi connectivity index (χ1n) is 7.27. The second-order valence-corrected chi connectivity index (χ2v) is 6.51. The maximum absolute atomic E-state index is 12.6. The number of halogens is 1. The molecule has 0 bridgehead atoms. The normalized spacial score (nSPS) is 12.1. The molecule has 23 heavy (non-hydrogen) atoms. The predicted octanol–water partition coefficient (Wildman–Crippen LogP) is 3.52. The van der Waals surface area contributed by atoms with Crippen molar-refractivity contribution < 1.29 is 4.79 Å². The van der Waals surface area contributed by atoms with Crippen LogP contribution >= 0.6 is 22.6 Å². The summed E-state index contributed by atoms with van der Waals surface area (Å²) in [4.78, 5) is 16.6. The number of nitrogens with two attached hydrogens (primary N) is 1. The van der Waals surface area contributed by atoms with Crippen LogP contribution in [-0.4, -0.2) is 17.4 Å². The molecular formula is C18H16IN3O. The first-order valence-corrected chi connectivity index (χ1v) is 8.35. The smallest absolute Gasteiger partial charge is 0.233 e. The number of amides is 1. The van der Waals surface area contributed by atoms with Crippen LogP contribution in [0.5, 0.6) is 0 Å². The maximum atomic E-state index is 12.6. The van der Waals surface area contributed by atoms with Crippen molar-refractivity contribution in [3.8, 4) is 0 Å². The molecule has 0 aliphatic carbocycles. The Balaban J connectivity index is 1.81. The van der Waals surface area contributed by atoms with Crippen molar-refractivity contribution in [3.05, 3.63) is 70.1 Å². The van der Waals surface area contributed by atoms with Crippen molar-refractivity contribution in [2.45, 2.75) is 5.92 Å². The molecule has 3 aromatic rings. The quantitative estimate of drug-likeness (QED) is 0.639. The lowest BCUT2D eigenvalue weighted by Gasteiger charge is -2.16. The van der Waals surface area contributed by atoms with E-state index in [1.54, 1.807) is 12.4 Å². The van der Waals surface area contributed by atoms with Crippen molar-refractivity contribution in [3.63, 3.8) is 0 Å². The number of carbonyl (C=O) groups excluding carboxylic acids is 1. The second kappa shape index (κ2) is 7.06. The zero-order valence-electron chi connectivity index (χ0n) is 12.4. The van der Waals surface area contributed by atoms with Gasteiger partial charge in [0.05, 0.1) is 5.92 Å². The molecule has 0 aliphatic heterocycles. The van der Waals surface area contributed by atoms with Crippen LogP contribution in [0.2, 0.25) is 0 Å². The first kappa shape index (κ1) is 15.9. The van der Waals surface area contributed by atoms with Crippen molar-refractivity contribution >= 4 is 45.0 Å². The van der Waals surface area contributed by atoms with Gasteiger partial charge in [-0.25, -0.2) is 0 Å². The second-order valence-electron chi connectivity index (χ2n) is 5.27. The van der Waals surface area contributed by atoms with Crippen molar-refractivity contribution in [2.24, 2.45) is 5.73 Å². The van der Waals surface area contributed by atoms with Gasteiger partial charge in [0.1, 0.15) is 0 Å². The van der Waals surface area contributed by atoms with Gasteiger partial charge in [0.15, 0.2) is 0 Å². The van der Waals surface area contributed by atoms with Crippen LogP contribution in [0, 0.1) is 3.57 Å². The van der Waals surface area contributed by atoms with Crippen LogP contribution in [-0.2, 0) is 4.79 Å². The maximum Gasteiger partial charge on any atom is 0.233 e. The zero-order chi connectivity index (χ0) is 16.2. The van der Waals surface area contributed by atoms with Crippen molar-refractivity contribution in [1.82, 2.24) is 4.98 Å². The molecule has 1 unspecified atom stereocenters. The Kier molecular flexibility index (Phi) is 4.88. The minimum atomic E-state index is -0.361. The minimum absolute atomic E-state index is 0.0953. The average molecular weight is 417 g/mol. The molecule has 116 valence electrons. The molecule has 1 atom stereocenters. The lowest BCUT2D eigenvalue weighted by Crippen LogP contribution is -2.27. The van der Waals surface area contributed by atoms with E-state index in [0.29, 0.717) is 0 Å². The van der Waals surface area contributed by atoms with Crippen LogP contribution in [0.4, 0.5) is 5.69 Å². The van der Waals surface area contributed by atoms with Gasteiger partial charge < -0.3 is 11.1 Å². The van der Waals surface area contributed by atoms with Crippen LogP contribution < -0.4 is 11.1 Å². The molecule has 1 amide bonds. The highest BCUT2D eigenvalue weighted by molar-refractivity contribution is 14.1. The highest BCUT2D eigenvalue weighted by atomic mass is 127. The van der Waals surface area contributed by atoms with Crippen LogP contribution in [0.15, 0.2) is 60.9 Å². The van der Waals surface area contributed by atoms with E-state index in [-0.39, 0.29) is 18.4 Å². The number of fused-ring (bicyclic) bond motifs is 1. The molecule has 0 aliphatic rings. The standard InChI is InChI=1S/C18H16IN3O/c19-15-4-1-12(2-5-15)17(10-20)18(23)22-16-6-3-14-11-21-8-7-13(14)9-16/h1-9,11,17H,10,20H2,(H,22,23). The van der Waals surface area contributed by atoms with Gasteiger partial charge >= 0.3 is 0 Å². The lowest BCUT2D eigenvalue weighted by molar-refractivity contribution is -0.117. The molecule has 1 aromatic heterocycles. The molecular weight excluding hydrogens is 401 g/mol. The Morgan fingerprint density at radius 3 is 2.65 bits per heavy atom. The Labute approximate surface area is 148 Å². The van der Waals surface area contributed by atoms with E-state index in [9.17, 15) is 4.79 Å². The Morgan fingerprint density at radius 1 is 1.13 bits per heavy atom. The summed E-state index contributed by atoms with van der Waals surface area (Å²) in [6.07, 6.45) is 3.54. The number of nitrogens with one attached hydrogen (secondary N) is 1. The summed E-state index contributed by atoms with van der Waals surface area (Å²) in [6.45, 7) is 0.268. The molecule has 1 heterocycles. The van der Waals surface area contributed by atoms with Gasteiger partial charge in [-0.1, -0.05) is 18.2 Å². The van der Waals surface area contributed by atoms with Crippen LogP contribution in [0.1, 0.15) is 11.5 Å². The number of hydrogen-bond acceptors (Lipinski definition) is 3. The van der Waals surface area contributed by atoms with Gasteiger partial charge in [-0.2, -0.15) is 0 Å². The highest BCUT2D eigenvalue weighted by Gasteiger charge is 2.19.